The molecule has 3 heterocycles. The highest BCUT2D eigenvalue weighted by Crippen LogP contribution is 2.62. The number of ether oxygens (including phenoxy) is 1. The Kier molecular flexibility index (Phi) is 7.09. The van der Waals surface area contributed by atoms with Crippen molar-refractivity contribution in [3.8, 4) is 39.7 Å². The van der Waals surface area contributed by atoms with Crippen LogP contribution in [0.25, 0.3) is 45.0 Å². The molecule has 6 aromatic rings. The second-order valence-corrected chi connectivity index (χ2v) is 14.7. The van der Waals surface area contributed by atoms with Crippen LogP contribution in [0.15, 0.2) is 163 Å². The Morgan fingerprint density at radius 1 is 0.630 bits per heavy atom. The summed E-state index contributed by atoms with van der Waals surface area (Å²) in [6.45, 7) is 0. The number of fused-ring (bicyclic) bond motifs is 10. The van der Waals surface area contributed by atoms with Crippen LogP contribution in [-0.4, -0.2) is 19.9 Å². The molecule has 5 heteroatoms. The van der Waals surface area contributed by atoms with Crippen LogP contribution in [0.5, 0.6) is 5.75 Å². The molecule has 2 aromatic heterocycles. The van der Waals surface area contributed by atoms with Crippen molar-refractivity contribution in [3.63, 3.8) is 0 Å². The Labute approximate surface area is 314 Å². The van der Waals surface area contributed by atoms with E-state index in [1.165, 1.54) is 39.0 Å². The summed E-state index contributed by atoms with van der Waals surface area (Å²) >= 11 is 0. The second-order valence-electron chi connectivity index (χ2n) is 14.7. The van der Waals surface area contributed by atoms with Crippen LogP contribution in [0.4, 0.5) is 0 Å². The first-order valence-electron chi connectivity index (χ1n) is 19.0. The zero-order chi connectivity index (χ0) is 35.6. The molecule has 1 unspecified atom stereocenters. The highest BCUT2D eigenvalue weighted by atomic mass is 16.5. The van der Waals surface area contributed by atoms with E-state index in [0.29, 0.717) is 17.5 Å². The number of allylic oxidation sites excluding steroid dienone is 9. The summed E-state index contributed by atoms with van der Waals surface area (Å²) in [5.74, 6) is 3.84. The molecule has 0 amide bonds. The molecule has 0 saturated heterocycles. The molecule has 0 N–H and O–H groups in total. The Morgan fingerprint density at radius 2 is 1.39 bits per heavy atom. The molecule has 4 aromatic carbocycles. The van der Waals surface area contributed by atoms with Gasteiger partial charge in [0.25, 0.3) is 0 Å². The van der Waals surface area contributed by atoms with Gasteiger partial charge in [-0.05, 0) is 83.7 Å². The van der Waals surface area contributed by atoms with Crippen LogP contribution in [0.3, 0.4) is 0 Å². The van der Waals surface area contributed by atoms with Gasteiger partial charge in [-0.15, -0.1) is 0 Å². The summed E-state index contributed by atoms with van der Waals surface area (Å²) < 4.78 is 7.14. The van der Waals surface area contributed by atoms with E-state index < -0.39 is 5.41 Å². The number of aromatic nitrogens is 4. The maximum atomic E-state index is 7.14. The molecule has 5 aliphatic rings. The first-order valence-corrected chi connectivity index (χ1v) is 19.0. The minimum atomic E-state index is -0.537. The maximum Gasteiger partial charge on any atom is 0.164 e. The van der Waals surface area contributed by atoms with Gasteiger partial charge >= 0.3 is 0 Å². The number of hydrogen-bond acceptors (Lipinski definition) is 5. The van der Waals surface area contributed by atoms with Gasteiger partial charge < -0.3 is 4.74 Å². The van der Waals surface area contributed by atoms with E-state index in [-0.39, 0.29) is 5.92 Å². The highest BCUT2D eigenvalue weighted by molar-refractivity contribution is 5.89. The first kappa shape index (κ1) is 31.1. The zero-order valence-corrected chi connectivity index (χ0v) is 29.7. The topological polar surface area (TPSA) is 60.8 Å². The van der Waals surface area contributed by atoms with Crippen LogP contribution in [0.2, 0.25) is 0 Å². The molecule has 0 bridgehead atoms. The van der Waals surface area contributed by atoms with Crippen LogP contribution in [-0.2, 0) is 11.8 Å². The van der Waals surface area contributed by atoms with Gasteiger partial charge in [0.05, 0.1) is 11.1 Å². The van der Waals surface area contributed by atoms with Gasteiger partial charge in [-0.1, -0.05) is 127 Å². The van der Waals surface area contributed by atoms with Crippen LogP contribution < -0.4 is 4.74 Å². The van der Waals surface area contributed by atoms with Gasteiger partial charge in [0.2, 0.25) is 0 Å². The molecule has 4 aliphatic carbocycles. The average Bonchev–Trinajstić information content (AvgIpc) is 3.54. The molecule has 1 atom stereocenters. The first-order chi connectivity index (χ1) is 26.8. The van der Waals surface area contributed by atoms with E-state index >= 15 is 0 Å². The third kappa shape index (κ3) is 4.71. The quantitative estimate of drug-likeness (QED) is 0.184. The molecule has 1 aliphatic heterocycles. The largest absolute Gasteiger partial charge is 0.457 e. The minimum absolute atomic E-state index is 0.155. The monoisotopic (exact) mass is 696 g/mol. The van der Waals surface area contributed by atoms with Crippen LogP contribution >= 0.6 is 0 Å². The number of benzene rings is 4. The molecule has 0 radical (unpaired) electrons. The maximum absolute atomic E-state index is 7.14. The Bertz CT molecular complexity index is 2640. The molecule has 1 spiro atoms. The molecule has 54 heavy (non-hydrogen) atoms. The summed E-state index contributed by atoms with van der Waals surface area (Å²) in [5, 5.41) is 0. The normalized spacial score (nSPS) is 18.5. The van der Waals surface area contributed by atoms with Crippen molar-refractivity contribution in [2.45, 2.75) is 37.5 Å². The number of hydrogen-bond donors (Lipinski definition) is 0. The van der Waals surface area contributed by atoms with Crippen molar-refractivity contribution >= 4 is 11.1 Å². The fourth-order valence-electron chi connectivity index (χ4n) is 9.30. The molecule has 5 nitrogen and oxygen atoms in total. The predicted octanol–water partition coefficient (Wildman–Crippen LogP) is 10.9. The number of rotatable bonds is 4. The fourth-order valence-corrected chi connectivity index (χ4v) is 9.30. The predicted molar refractivity (Wildman–Crippen MR) is 214 cm³/mol. The van der Waals surface area contributed by atoms with Gasteiger partial charge in [0.15, 0.2) is 17.5 Å². The lowest BCUT2D eigenvalue weighted by Crippen LogP contribution is -2.37. The van der Waals surface area contributed by atoms with Crippen LogP contribution in [0.1, 0.15) is 59.5 Å². The van der Waals surface area contributed by atoms with Gasteiger partial charge in [-0.2, -0.15) is 0 Å². The summed E-state index contributed by atoms with van der Waals surface area (Å²) in [6, 6.07) is 38.8. The van der Waals surface area contributed by atoms with Gasteiger partial charge in [0, 0.05) is 40.0 Å². The lowest BCUT2D eigenvalue weighted by atomic mass is 9.63. The van der Waals surface area contributed by atoms with Crippen molar-refractivity contribution in [3.05, 3.63) is 197 Å². The molecule has 11 rings (SSSR count). The minimum Gasteiger partial charge on any atom is -0.457 e. The standard InChI is InChI=1S/C49H36N4O/c1-3-13-32(14-4-1)46-51-47(33-15-5-2-6-16-33)53-48(52-46)35-25-27-42-44(30-35)54-43-29-34(36-21-11-17-31-18-12-28-50-45(31)36)24-26-41(43)49(42)39-22-9-7-19-37(39)38-20-8-10-23-40(38)49/h1,3-5,7-10,12-16,18-23,25-30,34H,2,6,11,17,24H2. The van der Waals surface area contributed by atoms with E-state index in [1.54, 1.807) is 0 Å². The molecule has 0 saturated carbocycles. The van der Waals surface area contributed by atoms with E-state index in [0.717, 1.165) is 71.6 Å². The molecular formula is C49H36N4O. The van der Waals surface area contributed by atoms with E-state index in [4.69, 9.17) is 24.7 Å². The van der Waals surface area contributed by atoms with E-state index in [1.807, 2.05) is 24.4 Å². The van der Waals surface area contributed by atoms with Crippen molar-refractivity contribution in [1.29, 1.82) is 0 Å². The third-order valence-electron chi connectivity index (χ3n) is 11.7. The summed E-state index contributed by atoms with van der Waals surface area (Å²) in [7, 11) is 0. The summed E-state index contributed by atoms with van der Waals surface area (Å²) in [4.78, 5) is 20.0. The van der Waals surface area contributed by atoms with Gasteiger partial charge in [0.1, 0.15) is 11.5 Å². The average molecular weight is 697 g/mol. The van der Waals surface area contributed by atoms with Gasteiger partial charge in [-0.25, -0.2) is 15.0 Å². The smallest absolute Gasteiger partial charge is 0.164 e. The third-order valence-corrected chi connectivity index (χ3v) is 11.7. The van der Waals surface area contributed by atoms with Crippen molar-refractivity contribution in [1.82, 2.24) is 19.9 Å². The Morgan fingerprint density at radius 3 is 2.19 bits per heavy atom. The molecule has 258 valence electrons. The number of nitrogens with zero attached hydrogens (tertiary/aromatic N) is 4. The van der Waals surface area contributed by atoms with E-state index in [9.17, 15) is 0 Å². The summed E-state index contributed by atoms with van der Waals surface area (Å²) in [5.41, 5.74) is 13.5. The summed E-state index contributed by atoms with van der Waals surface area (Å²) in [6.07, 6.45) is 20.6. The molecular weight excluding hydrogens is 661 g/mol. The lowest BCUT2D eigenvalue weighted by Gasteiger charge is -2.43. The van der Waals surface area contributed by atoms with E-state index in [2.05, 4.69) is 127 Å². The SMILES string of the molecule is C1=CC(c2nc(-c3ccccc3)nc(-c3ccc4c(c3)OC3=CC(C5=CCCc6cccnc65)CC=C3C43c4ccccc4-c4ccccc43)n2)=CCC1. The lowest BCUT2D eigenvalue weighted by molar-refractivity contribution is 0.380. The Balaban J connectivity index is 1.11. The zero-order valence-electron chi connectivity index (χ0n) is 29.7. The number of aryl methyl sites for hydroxylation is 1. The van der Waals surface area contributed by atoms with Gasteiger partial charge in [-0.3, -0.25) is 4.98 Å². The molecule has 0 fully saturated rings. The fraction of sp³-hybridized carbons (Fsp3) is 0.143. The van der Waals surface area contributed by atoms with Crippen molar-refractivity contribution in [2.24, 2.45) is 5.92 Å². The van der Waals surface area contributed by atoms with Crippen molar-refractivity contribution in [2.75, 3.05) is 0 Å². The second kappa shape index (κ2) is 12.3. The Hall–Kier alpha value is -6.46. The van der Waals surface area contributed by atoms with Crippen LogP contribution in [0, 0.1) is 5.92 Å². The van der Waals surface area contributed by atoms with Crippen molar-refractivity contribution < 1.29 is 4.74 Å². The highest BCUT2D eigenvalue weighted by Gasteiger charge is 2.53. The number of pyridine rings is 1.